The highest BCUT2D eigenvalue weighted by molar-refractivity contribution is 6.30. The Morgan fingerprint density at radius 1 is 1.04 bits per heavy atom. The molecule has 2 aromatic carbocycles. The van der Waals surface area contributed by atoms with Crippen molar-refractivity contribution in [2.45, 2.75) is 12.6 Å². The van der Waals surface area contributed by atoms with E-state index >= 15 is 0 Å². The molecule has 0 bridgehead atoms. The number of halogens is 1. The van der Waals surface area contributed by atoms with Crippen molar-refractivity contribution in [1.29, 1.82) is 0 Å². The Labute approximate surface area is 145 Å². The molecule has 4 nitrogen and oxygen atoms in total. The van der Waals surface area contributed by atoms with Gasteiger partial charge in [-0.1, -0.05) is 41.9 Å². The summed E-state index contributed by atoms with van der Waals surface area (Å²) in [6.07, 6.45) is 0. The highest BCUT2D eigenvalue weighted by atomic mass is 35.5. The molecule has 3 aromatic rings. The molecule has 24 heavy (non-hydrogen) atoms. The number of furan rings is 1. The molecule has 1 aromatic heterocycles. The van der Waals surface area contributed by atoms with Crippen molar-refractivity contribution in [3.8, 4) is 11.3 Å². The molecule has 5 heteroatoms. The SMILES string of the molecule is NC(=O)[C@@H](NCc1ccc(-c2ccc(Cl)cc2)o1)c1ccccc1. The lowest BCUT2D eigenvalue weighted by atomic mass is 10.1. The summed E-state index contributed by atoms with van der Waals surface area (Å²) in [6, 6.07) is 20.0. The van der Waals surface area contributed by atoms with Gasteiger partial charge in [0.25, 0.3) is 0 Å². The van der Waals surface area contributed by atoms with Crippen LogP contribution < -0.4 is 11.1 Å². The maximum absolute atomic E-state index is 11.7. The molecule has 0 spiro atoms. The fourth-order valence-electron chi connectivity index (χ4n) is 2.47. The van der Waals surface area contributed by atoms with Crippen molar-refractivity contribution in [2.75, 3.05) is 0 Å². The number of rotatable bonds is 6. The molecule has 0 aliphatic rings. The third-order valence-corrected chi connectivity index (χ3v) is 3.94. The van der Waals surface area contributed by atoms with Crippen molar-refractivity contribution in [2.24, 2.45) is 5.73 Å². The molecule has 0 aliphatic carbocycles. The number of nitrogens with two attached hydrogens (primary N) is 1. The second-order valence-corrected chi connectivity index (χ2v) is 5.84. The first-order chi connectivity index (χ1) is 11.6. The molecule has 0 unspecified atom stereocenters. The average Bonchev–Trinajstić information content (AvgIpc) is 3.05. The molecule has 3 rings (SSSR count). The van der Waals surface area contributed by atoms with E-state index in [4.69, 9.17) is 21.8 Å². The monoisotopic (exact) mass is 340 g/mol. The number of nitrogens with one attached hydrogen (secondary N) is 1. The van der Waals surface area contributed by atoms with E-state index in [1.165, 1.54) is 0 Å². The molecule has 0 fully saturated rings. The van der Waals surface area contributed by atoms with Crippen LogP contribution in [0, 0.1) is 0 Å². The Bertz CT molecular complexity index is 813. The van der Waals surface area contributed by atoms with Crippen LogP contribution in [0.5, 0.6) is 0 Å². The number of carbonyl (C=O) groups is 1. The zero-order valence-corrected chi connectivity index (χ0v) is 13.7. The number of carbonyl (C=O) groups excluding carboxylic acids is 1. The van der Waals surface area contributed by atoms with Crippen LogP contribution in [-0.4, -0.2) is 5.91 Å². The summed E-state index contributed by atoms with van der Waals surface area (Å²) >= 11 is 5.89. The largest absolute Gasteiger partial charge is 0.460 e. The minimum Gasteiger partial charge on any atom is -0.460 e. The first-order valence-corrected chi connectivity index (χ1v) is 7.93. The summed E-state index contributed by atoms with van der Waals surface area (Å²) in [7, 11) is 0. The minimum absolute atomic E-state index is 0.399. The highest BCUT2D eigenvalue weighted by Crippen LogP contribution is 2.24. The molecule has 1 amide bonds. The summed E-state index contributed by atoms with van der Waals surface area (Å²) in [5.74, 6) is 1.05. The molecule has 1 atom stereocenters. The normalized spacial score (nSPS) is 12.0. The molecule has 3 N–H and O–H groups in total. The maximum Gasteiger partial charge on any atom is 0.239 e. The predicted octanol–water partition coefficient (Wildman–Crippen LogP) is 3.92. The summed E-state index contributed by atoms with van der Waals surface area (Å²) in [5.41, 5.74) is 7.27. The zero-order chi connectivity index (χ0) is 16.9. The summed E-state index contributed by atoms with van der Waals surface area (Å²) in [6.45, 7) is 0.399. The summed E-state index contributed by atoms with van der Waals surface area (Å²) in [5, 5.41) is 3.82. The number of amides is 1. The molecular weight excluding hydrogens is 324 g/mol. The molecule has 0 aliphatic heterocycles. The lowest BCUT2D eigenvalue weighted by Gasteiger charge is -2.14. The van der Waals surface area contributed by atoms with Gasteiger partial charge in [-0.05, 0) is 42.0 Å². The van der Waals surface area contributed by atoms with E-state index in [1.807, 2.05) is 66.7 Å². The van der Waals surface area contributed by atoms with Gasteiger partial charge < -0.3 is 10.2 Å². The van der Waals surface area contributed by atoms with Crippen molar-refractivity contribution in [3.63, 3.8) is 0 Å². The number of benzene rings is 2. The van der Waals surface area contributed by atoms with Gasteiger partial charge in [0, 0.05) is 10.6 Å². The first-order valence-electron chi connectivity index (χ1n) is 7.56. The van der Waals surface area contributed by atoms with Crippen molar-refractivity contribution in [3.05, 3.63) is 83.1 Å². The number of hydrogen-bond acceptors (Lipinski definition) is 3. The minimum atomic E-state index is -0.560. The fraction of sp³-hybridized carbons (Fsp3) is 0.105. The second-order valence-electron chi connectivity index (χ2n) is 5.40. The van der Waals surface area contributed by atoms with Gasteiger partial charge >= 0.3 is 0 Å². The van der Waals surface area contributed by atoms with E-state index in [9.17, 15) is 4.79 Å². The van der Waals surface area contributed by atoms with Gasteiger partial charge in [0.15, 0.2) is 0 Å². The van der Waals surface area contributed by atoms with Crippen molar-refractivity contribution >= 4 is 17.5 Å². The van der Waals surface area contributed by atoms with E-state index < -0.39 is 11.9 Å². The standard InChI is InChI=1S/C19H17ClN2O2/c20-15-8-6-13(7-9-15)17-11-10-16(24-17)12-22-18(19(21)23)14-4-2-1-3-5-14/h1-11,18,22H,12H2,(H2,21,23)/t18-/m0/s1. The van der Waals surface area contributed by atoms with E-state index in [0.717, 1.165) is 22.6 Å². The Kier molecular flexibility index (Phi) is 4.99. The van der Waals surface area contributed by atoms with Crippen LogP contribution in [0.3, 0.4) is 0 Å². The first kappa shape index (κ1) is 16.3. The Morgan fingerprint density at radius 3 is 2.42 bits per heavy atom. The smallest absolute Gasteiger partial charge is 0.239 e. The summed E-state index contributed by atoms with van der Waals surface area (Å²) < 4.78 is 5.82. The lowest BCUT2D eigenvalue weighted by Crippen LogP contribution is -2.33. The molecule has 1 heterocycles. The molecule has 0 saturated heterocycles. The Morgan fingerprint density at radius 2 is 1.75 bits per heavy atom. The molecule has 0 saturated carbocycles. The molecular formula is C19H17ClN2O2. The van der Waals surface area contributed by atoms with Gasteiger partial charge in [0.1, 0.15) is 17.6 Å². The van der Waals surface area contributed by atoms with Crippen LogP contribution in [0.4, 0.5) is 0 Å². The van der Waals surface area contributed by atoms with Crippen LogP contribution >= 0.6 is 11.6 Å². The summed E-state index contributed by atoms with van der Waals surface area (Å²) in [4.78, 5) is 11.7. The topological polar surface area (TPSA) is 68.3 Å². The maximum atomic E-state index is 11.7. The third kappa shape index (κ3) is 3.85. The van der Waals surface area contributed by atoms with Crippen LogP contribution in [-0.2, 0) is 11.3 Å². The number of primary amides is 1. The number of hydrogen-bond donors (Lipinski definition) is 2. The van der Waals surface area contributed by atoms with Gasteiger partial charge in [0.05, 0.1) is 6.54 Å². The second kappa shape index (κ2) is 7.34. The van der Waals surface area contributed by atoms with Crippen LogP contribution in [0.15, 0.2) is 71.1 Å². The van der Waals surface area contributed by atoms with Crippen molar-refractivity contribution < 1.29 is 9.21 Å². The molecule has 122 valence electrons. The molecule has 0 radical (unpaired) electrons. The van der Waals surface area contributed by atoms with Gasteiger partial charge in [-0.2, -0.15) is 0 Å². The van der Waals surface area contributed by atoms with E-state index in [-0.39, 0.29) is 0 Å². The van der Waals surface area contributed by atoms with E-state index in [2.05, 4.69) is 5.32 Å². The van der Waals surface area contributed by atoms with E-state index in [1.54, 1.807) is 0 Å². The predicted molar refractivity (Wildman–Crippen MR) is 94.4 cm³/mol. The highest BCUT2D eigenvalue weighted by Gasteiger charge is 2.17. The Hall–Kier alpha value is -2.56. The Balaban J connectivity index is 1.70. The van der Waals surface area contributed by atoms with Crippen LogP contribution in [0.25, 0.3) is 11.3 Å². The van der Waals surface area contributed by atoms with Gasteiger partial charge in [-0.25, -0.2) is 0 Å². The van der Waals surface area contributed by atoms with E-state index in [0.29, 0.717) is 11.6 Å². The third-order valence-electron chi connectivity index (χ3n) is 3.69. The quantitative estimate of drug-likeness (QED) is 0.714. The van der Waals surface area contributed by atoms with Gasteiger partial charge in [-0.3, -0.25) is 10.1 Å². The average molecular weight is 341 g/mol. The van der Waals surface area contributed by atoms with Gasteiger partial charge in [-0.15, -0.1) is 0 Å². The van der Waals surface area contributed by atoms with Gasteiger partial charge in [0.2, 0.25) is 5.91 Å². The lowest BCUT2D eigenvalue weighted by molar-refractivity contribution is -0.120. The van der Waals surface area contributed by atoms with Crippen LogP contribution in [0.2, 0.25) is 5.02 Å². The van der Waals surface area contributed by atoms with Crippen molar-refractivity contribution in [1.82, 2.24) is 5.32 Å². The fourth-order valence-corrected chi connectivity index (χ4v) is 2.60. The van der Waals surface area contributed by atoms with Crippen LogP contribution in [0.1, 0.15) is 17.4 Å². The zero-order valence-electron chi connectivity index (χ0n) is 12.9.